The summed E-state index contributed by atoms with van der Waals surface area (Å²) >= 11 is 6.23. The van der Waals surface area contributed by atoms with E-state index in [9.17, 15) is 14.4 Å². The quantitative estimate of drug-likeness (QED) is 0.838. The minimum absolute atomic E-state index is 0.134. The first-order valence-corrected chi connectivity index (χ1v) is 8.33. The molecule has 0 spiro atoms. The van der Waals surface area contributed by atoms with E-state index in [4.69, 9.17) is 11.6 Å². The summed E-state index contributed by atoms with van der Waals surface area (Å²) in [4.78, 5) is 38.0. The second kappa shape index (κ2) is 6.69. The normalized spacial score (nSPS) is 13.4. The molecule has 5 nitrogen and oxygen atoms in total. The van der Waals surface area contributed by atoms with Gasteiger partial charge < -0.3 is 5.32 Å². The van der Waals surface area contributed by atoms with E-state index >= 15 is 0 Å². The van der Waals surface area contributed by atoms with Crippen molar-refractivity contribution in [3.63, 3.8) is 0 Å². The first kappa shape index (κ1) is 17.2. The van der Waals surface area contributed by atoms with Crippen molar-refractivity contribution in [2.45, 2.75) is 20.3 Å². The Morgan fingerprint density at radius 3 is 2.20 bits per heavy atom. The van der Waals surface area contributed by atoms with E-state index in [0.29, 0.717) is 28.9 Å². The Kier molecular flexibility index (Phi) is 4.59. The molecule has 0 aromatic heterocycles. The van der Waals surface area contributed by atoms with E-state index in [0.717, 1.165) is 4.90 Å². The van der Waals surface area contributed by atoms with Gasteiger partial charge >= 0.3 is 0 Å². The molecule has 0 fully saturated rings. The minimum atomic E-state index is -0.381. The zero-order valence-corrected chi connectivity index (χ0v) is 14.6. The Hall–Kier alpha value is -2.66. The second-order valence-corrected chi connectivity index (χ2v) is 6.71. The molecule has 2 aromatic rings. The molecule has 25 heavy (non-hydrogen) atoms. The zero-order chi connectivity index (χ0) is 18.1. The molecular formula is C19H17ClN2O3. The van der Waals surface area contributed by atoms with Gasteiger partial charge in [0.05, 0.1) is 27.5 Å². The molecule has 0 bridgehead atoms. The lowest BCUT2D eigenvalue weighted by Crippen LogP contribution is -2.29. The SMILES string of the molecule is CC(C)CC(=O)Nc1ccc(N2C(=O)c3ccccc3C2=O)cc1Cl. The molecule has 0 radical (unpaired) electrons. The fourth-order valence-electron chi connectivity index (χ4n) is 2.74. The third-order valence-electron chi connectivity index (χ3n) is 3.87. The van der Waals surface area contributed by atoms with Crippen LogP contribution in [0.3, 0.4) is 0 Å². The number of nitrogens with zero attached hydrogens (tertiary/aromatic N) is 1. The van der Waals surface area contributed by atoms with Crippen molar-refractivity contribution in [2.24, 2.45) is 5.92 Å². The average molecular weight is 357 g/mol. The van der Waals surface area contributed by atoms with Gasteiger partial charge in [-0.25, -0.2) is 4.90 Å². The lowest BCUT2D eigenvalue weighted by atomic mass is 10.1. The summed E-state index contributed by atoms with van der Waals surface area (Å²) in [5, 5.41) is 3.01. The predicted molar refractivity (Wildman–Crippen MR) is 97.1 cm³/mol. The summed E-state index contributed by atoms with van der Waals surface area (Å²) in [5.41, 5.74) is 1.57. The number of nitrogens with one attached hydrogen (secondary N) is 1. The van der Waals surface area contributed by atoms with Gasteiger partial charge in [0.15, 0.2) is 0 Å². The van der Waals surface area contributed by atoms with Crippen molar-refractivity contribution in [2.75, 3.05) is 10.2 Å². The van der Waals surface area contributed by atoms with Crippen LogP contribution < -0.4 is 10.2 Å². The molecule has 128 valence electrons. The third-order valence-corrected chi connectivity index (χ3v) is 4.19. The fourth-order valence-corrected chi connectivity index (χ4v) is 2.96. The largest absolute Gasteiger partial charge is 0.325 e. The fraction of sp³-hybridized carbons (Fsp3) is 0.211. The van der Waals surface area contributed by atoms with Crippen LogP contribution in [0.4, 0.5) is 11.4 Å². The number of fused-ring (bicyclic) bond motifs is 1. The number of imide groups is 1. The molecule has 0 saturated heterocycles. The van der Waals surface area contributed by atoms with E-state index in [1.54, 1.807) is 36.4 Å². The minimum Gasteiger partial charge on any atom is -0.325 e. The van der Waals surface area contributed by atoms with Crippen LogP contribution in [-0.4, -0.2) is 17.7 Å². The highest BCUT2D eigenvalue weighted by Gasteiger charge is 2.36. The number of carbonyl (C=O) groups is 3. The third kappa shape index (κ3) is 3.28. The molecule has 0 unspecified atom stereocenters. The molecular weight excluding hydrogens is 340 g/mol. The van der Waals surface area contributed by atoms with Crippen molar-refractivity contribution in [3.8, 4) is 0 Å². The van der Waals surface area contributed by atoms with Gasteiger partial charge in [-0.1, -0.05) is 37.6 Å². The Bertz CT molecular complexity index is 842. The molecule has 1 aliphatic heterocycles. The number of anilines is 2. The summed E-state index contributed by atoms with van der Waals surface area (Å²) in [6.45, 7) is 3.90. The molecule has 0 atom stereocenters. The standard InChI is InChI=1S/C19H17ClN2O3/c1-11(2)9-17(23)21-16-8-7-12(10-15(16)20)22-18(24)13-5-3-4-6-14(13)19(22)25/h3-8,10-11H,9H2,1-2H3,(H,21,23). The van der Waals surface area contributed by atoms with Gasteiger partial charge in [0.2, 0.25) is 5.91 Å². The first-order valence-electron chi connectivity index (χ1n) is 7.95. The van der Waals surface area contributed by atoms with Gasteiger partial charge in [-0.3, -0.25) is 14.4 Å². The predicted octanol–water partition coefficient (Wildman–Crippen LogP) is 4.13. The lowest BCUT2D eigenvalue weighted by molar-refractivity contribution is -0.116. The lowest BCUT2D eigenvalue weighted by Gasteiger charge is -2.16. The van der Waals surface area contributed by atoms with Gasteiger partial charge in [-0.05, 0) is 36.2 Å². The summed E-state index contributed by atoms with van der Waals surface area (Å²) in [7, 11) is 0. The number of rotatable bonds is 4. The highest BCUT2D eigenvalue weighted by molar-refractivity contribution is 6.36. The van der Waals surface area contributed by atoms with Gasteiger partial charge in [-0.15, -0.1) is 0 Å². The van der Waals surface area contributed by atoms with Crippen molar-refractivity contribution in [1.29, 1.82) is 0 Å². The van der Waals surface area contributed by atoms with Crippen LogP contribution in [0.15, 0.2) is 42.5 Å². The van der Waals surface area contributed by atoms with Crippen LogP contribution in [-0.2, 0) is 4.79 Å². The first-order chi connectivity index (χ1) is 11.9. The summed E-state index contributed by atoms with van der Waals surface area (Å²) in [5.74, 6) is -0.664. The molecule has 3 rings (SSSR count). The number of hydrogen-bond acceptors (Lipinski definition) is 3. The van der Waals surface area contributed by atoms with E-state index in [-0.39, 0.29) is 28.7 Å². The molecule has 3 amide bonds. The number of benzene rings is 2. The van der Waals surface area contributed by atoms with Crippen LogP contribution in [0.5, 0.6) is 0 Å². The summed E-state index contributed by atoms with van der Waals surface area (Å²) in [6, 6.07) is 11.4. The molecule has 0 saturated carbocycles. The van der Waals surface area contributed by atoms with E-state index < -0.39 is 0 Å². The Balaban J connectivity index is 1.86. The highest BCUT2D eigenvalue weighted by Crippen LogP contribution is 2.32. The topological polar surface area (TPSA) is 66.5 Å². The highest BCUT2D eigenvalue weighted by atomic mass is 35.5. The Morgan fingerprint density at radius 1 is 1.08 bits per heavy atom. The van der Waals surface area contributed by atoms with Gasteiger partial charge in [0.1, 0.15) is 0 Å². The Morgan fingerprint density at radius 2 is 1.68 bits per heavy atom. The monoisotopic (exact) mass is 356 g/mol. The summed E-state index contributed by atoms with van der Waals surface area (Å²) < 4.78 is 0. The van der Waals surface area contributed by atoms with Crippen LogP contribution in [0, 0.1) is 5.92 Å². The van der Waals surface area contributed by atoms with Crippen LogP contribution >= 0.6 is 11.6 Å². The van der Waals surface area contributed by atoms with Crippen LogP contribution in [0.1, 0.15) is 41.0 Å². The average Bonchev–Trinajstić information content (AvgIpc) is 2.81. The second-order valence-electron chi connectivity index (χ2n) is 6.30. The molecule has 0 aliphatic carbocycles. The number of halogens is 1. The number of carbonyl (C=O) groups excluding carboxylic acids is 3. The van der Waals surface area contributed by atoms with Crippen molar-refractivity contribution >= 4 is 40.7 Å². The van der Waals surface area contributed by atoms with Crippen molar-refractivity contribution in [1.82, 2.24) is 0 Å². The van der Waals surface area contributed by atoms with Crippen molar-refractivity contribution < 1.29 is 14.4 Å². The maximum absolute atomic E-state index is 12.5. The maximum Gasteiger partial charge on any atom is 0.266 e. The maximum atomic E-state index is 12.5. The molecule has 1 aliphatic rings. The molecule has 6 heteroatoms. The number of hydrogen-bond donors (Lipinski definition) is 1. The smallest absolute Gasteiger partial charge is 0.266 e. The molecule has 1 heterocycles. The summed E-state index contributed by atoms with van der Waals surface area (Å²) in [6.07, 6.45) is 0.385. The van der Waals surface area contributed by atoms with Crippen LogP contribution in [0.25, 0.3) is 0 Å². The zero-order valence-electron chi connectivity index (χ0n) is 13.9. The van der Waals surface area contributed by atoms with Gasteiger partial charge in [0.25, 0.3) is 11.8 Å². The van der Waals surface area contributed by atoms with Gasteiger partial charge in [-0.2, -0.15) is 0 Å². The van der Waals surface area contributed by atoms with E-state index in [1.807, 2.05) is 13.8 Å². The van der Waals surface area contributed by atoms with Crippen LogP contribution in [0.2, 0.25) is 5.02 Å². The Labute approximate surface area is 150 Å². The molecule has 1 N–H and O–H groups in total. The molecule has 2 aromatic carbocycles. The van der Waals surface area contributed by atoms with Crippen molar-refractivity contribution in [3.05, 3.63) is 58.6 Å². The van der Waals surface area contributed by atoms with Gasteiger partial charge in [0, 0.05) is 6.42 Å². The van der Waals surface area contributed by atoms with E-state index in [1.165, 1.54) is 6.07 Å². The van der Waals surface area contributed by atoms with E-state index in [2.05, 4.69) is 5.32 Å². The number of amides is 3.